The Bertz CT molecular complexity index is 913. The second-order valence-corrected chi connectivity index (χ2v) is 6.42. The molecule has 0 atom stereocenters. The van der Waals surface area contributed by atoms with Crippen LogP contribution in [0.4, 0.5) is 0 Å². The normalized spacial score (nSPS) is 16.4. The predicted molar refractivity (Wildman–Crippen MR) is 88.4 cm³/mol. The molecule has 0 saturated carbocycles. The van der Waals surface area contributed by atoms with Crippen molar-refractivity contribution in [3.05, 3.63) is 63.0 Å². The highest BCUT2D eigenvalue weighted by atomic mass is 16.3. The summed E-state index contributed by atoms with van der Waals surface area (Å²) in [6.07, 6.45) is 0. The predicted octanol–water partition coefficient (Wildman–Crippen LogP) is 3.76. The van der Waals surface area contributed by atoms with Gasteiger partial charge in [-0.05, 0) is 33.3 Å². The third-order valence-corrected chi connectivity index (χ3v) is 4.43. The molecule has 1 aromatic heterocycles. The van der Waals surface area contributed by atoms with E-state index in [4.69, 9.17) is 4.42 Å². The molecular formula is C19H18O4. The highest BCUT2D eigenvalue weighted by Gasteiger charge is 2.43. The van der Waals surface area contributed by atoms with E-state index in [-0.39, 0.29) is 33.9 Å². The zero-order chi connectivity index (χ0) is 16.9. The Morgan fingerprint density at radius 2 is 1.74 bits per heavy atom. The number of hydrogen-bond acceptors (Lipinski definition) is 4. The van der Waals surface area contributed by atoms with Gasteiger partial charge in [-0.15, -0.1) is 0 Å². The Kier molecular flexibility index (Phi) is 3.29. The third kappa shape index (κ3) is 2.13. The van der Waals surface area contributed by atoms with Crippen LogP contribution in [-0.2, 0) is 10.2 Å². The average Bonchev–Trinajstić information content (AvgIpc) is 2.51. The molecule has 0 saturated heterocycles. The number of carbonyl (C=O) groups excluding carboxylic acids is 1. The van der Waals surface area contributed by atoms with Crippen LogP contribution >= 0.6 is 0 Å². The number of ketones is 1. The Hall–Kier alpha value is -2.62. The molecule has 1 aliphatic rings. The molecule has 1 N–H and O–H groups in total. The van der Waals surface area contributed by atoms with Gasteiger partial charge in [-0.1, -0.05) is 24.3 Å². The molecule has 4 heteroatoms. The second kappa shape index (κ2) is 4.95. The van der Waals surface area contributed by atoms with Gasteiger partial charge in [0.2, 0.25) is 0 Å². The lowest BCUT2D eigenvalue weighted by Crippen LogP contribution is -2.37. The quantitative estimate of drug-likeness (QED) is 0.870. The van der Waals surface area contributed by atoms with Gasteiger partial charge in [0.1, 0.15) is 22.8 Å². The molecule has 0 unspecified atom stereocenters. The van der Waals surface area contributed by atoms with E-state index in [2.05, 4.69) is 0 Å². The number of Topliss-reactive ketones (excluding diaryl/α,β-unsaturated/α-hetero) is 1. The van der Waals surface area contributed by atoms with Crippen LogP contribution in [0.25, 0.3) is 17.1 Å². The molecule has 118 valence electrons. The van der Waals surface area contributed by atoms with Gasteiger partial charge in [0.15, 0.2) is 11.2 Å². The van der Waals surface area contributed by atoms with Crippen LogP contribution in [0.2, 0.25) is 0 Å². The van der Waals surface area contributed by atoms with E-state index in [0.717, 1.165) is 11.1 Å². The molecule has 1 aromatic carbocycles. The first-order chi connectivity index (χ1) is 10.7. The van der Waals surface area contributed by atoms with Crippen molar-refractivity contribution in [2.45, 2.75) is 33.1 Å². The Labute approximate surface area is 134 Å². The van der Waals surface area contributed by atoms with Gasteiger partial charge in [0.25, 0.3) is 0 Å². The molecule has 0 spiro atoms. The van der Waals surface area contributed by atoms with Gasteiger partial charge in [0.05, 0.1) is 5.41 Å². The molecule has 4 nitrogen and oxygen atoms in total. The molecule has 2 aromatic rings. The second-order valence-electron chi connectivity index (χ2n) is 6.42. The number of fused-ring (bicyclic) bond motifs is 1. The molecule has 0 bridgehead atoms. The van der Waals surface area contributed by atoms with Gasteiger partial charge < -0.3 is 9.52 Å². The van der Waals surface area contributed by atoms with Crippen LogP contribution in [0.15, 0.2) is 45.1 Å². The van der Waals surface area contributed by atoms with Crippen molar-refractivity contribution in [2.75, 3.05) is 0 Å². The van der Waals surface area contributed by atoms with E-state index in [1.165, 1.54) is 13.0 Å². The molecule has 0 amide bonds. The first kappa shape index (κ1) is 15.3. The fraction of sp³-hybridized carbons (Fsp3) is 0.263. The number of rotatable bonds is 1. The number of aliphatic hydroxyl groups is 1. The summed E-state index contributed by atoms with van der Waals surface area (Å²) in [4.78, 5) is 25.0. The number of aryl methyl sites for hydroxylation is 1. The van der Waals surface area contributed by atoms with Crippen molar-refractivity contribution in [1.29, 1.82) is 0 Å². The summed E-state index contributed by atoms with van der Waals surface area (Å²) >= 11 is 0. The summed E-state index contributed by atoms with van der Waals surface area (Å²) < 4.78 is 5.94. The monoisotopic (exact) mass is 310 g/mol. The topological polar surface area (TPSA) is 67.5 Å². The van der Waals surface area contributed by atoms with Gasteiger partial charge in [-0.3, -0.25) is 9.59 Å². The number of hydrogen-bond donors (Lipinski definition) is 1. The summed E-state index contributed by atoms with van der Waals surface area (Å²) in [5.41, 5.74) is 0.696. The highest BCUT2D eigenvalue weighted by Crippen LogP contribution is 2.39. The zero-order valence-corrected chi connectivity index (χ0v) is 13.6. The van der Waals surface area contributed by atoms with Crippen LogP contribution in [0.3, 0.4) is 0 Å². The fourth-order valence-corrected chi connectivity index (χ4v) is 3.01. The molecule has 0 radical (unpaired) electrons. The van der Waals surface area contributed by atoms with Gasteiger partial charge >= 0.3 is 0 Å². The Balaban J connectivity index is 2.36. The van der Waals surface area contributed by atoms with Crippen LogP contribution in [-0.4, -0.2) is 10.9 Å². The maximum absolute atomic E-state index is 12.6. The lowest BCUT2D eigenvalue weighted by molar-refractivity contribution is -0.120. The Morgan fingerprint density at radius 1 is 1.09 bits per heavy atom. The molecule has 0 aliphatic heterocycles. The maximum Gasteiger partial charge on any atom is 0.196 e. The number of carbonyl (C=O) groups is 1. The number of aliphatic hydroxyl groups excluding tert-OH is 1. The van der Waals surface area contributed by atoms with E-state index in [9.17, 15) is 14.7 Å². The zero-order valence-electron chi connectivity index (χ0n) is 13.6. The van der Waals surface area contributed by atoms with Crippen LogP contribution in [0.5, 0.6) is 0 Å². The van der Waals surface area contributed by atoms with Crippen LogP contribution in [0, 0.1) is 6.92 Å². The van der Waals surface area contributed by atoms with Crippen LogP contribution in [0.1, 0.15) is 37.7 Å². The van der Waals surface area contributed by atoms with Crippen molar-refractivity contribution in [1.82, 2.24) is 0 Å². The summed E-state index contributed by atoms with van der Waals surface area (Å²) in [7, 11) is 0. The van der Waals surface area contributed by atoms with Crippen molar-refractivity contribution in [3.8, 4) is 11.3 Å². The third-order valence-electron chi connectivity index (χ3n) is 4.43. The first-order valence-electron chi connectivity index (χ1n) is 7.44. The maximum atomic E-state index is 12.6. The lowest BCUT2D eigenvalue weighted by Gasteiger charge is -2.29. The molecule has 23 heavy (non-hydrogen) atoms. The standard InChI is InChI=1S/C19H18O4/c1-10-7-5-6-8-12(10)14-9-13(20)15-16(21)11(2)17(22)19(3,4)18(15)23-14/h5-9,21H,1-4H3. The summed E-state index contributed by atoms with van der Waals surface area (Å²) in [5, 5.41) is 10.2. The minimum atomic E-state index is -0.997. The number of allylic oxidation sites excluding steroid dienone is 1. The van der Waals surface area contributed by atoms with E-state index in [0.29, 0.717) is 5.76 Å². The van der Waals surface area contributed by atoms with Crippen molar-refractivity contribution >= 4 is 11.5 Å². The Morgan fingerprint density at radius 3 is 2.39 bits per heavy atom. The van der Waals surface area contributed by atoms with E-state index < -0.39 is 5.41 Å². The van der Waals surface area contributed by atoms with E-state index in [1.807, 2.05) is 31.2 Å². The SMILES string of the molecule is CC1=C(O)c2c(oc(-c3ccccc3C)cc2=O)C(C)(C)C1=O. The molecular weight excluding hydrogens is 292 g/mol. The minimum Gasteiger partial charge on any atom is -0.507 e. The van der Waals surface area contributed by atoms with E-state index >= 15 is 0 Å². The average molecular weight is 310 g/mol. The molecule has 1 heterocycles. The molecule has 1 aliphatic carbocycles. The van der Waals surface area contributed by atoms with Crippen molar-refractivity contribution < 1.29 is 14.3 Å². The van der Waals surface area contributed by atoms with E-state index in [1.54, 1.807) is 13.8 Å². The molecule has 0 fully saturated rings. The largest absolute Gasteiger partial charge is 0.507 e. The smallest absolute Gasteiger partial charge is 0.196 e. The van der Waals surface area contributed by atoms with Gasteiger partial charge in [0, 0.05) is 17.2 Å². The van der Waals surface area contributed by atoms with Crippen molar-refractivity contribution in [2.24, 2.45) is 0 Å². The molecule has 3 rings (SSSR count). The van der Waals surface area contributed by atoms with Crippen LogP contribution < -0.4 is 5.43 Å². The summed E-state index contributed by atoms with van der Waals surface area (Å²) in [5.74, 6) is 0.0958. The first-order valence-corrected chi connectivity index (χ1v) is 7.44. The van der Waals surface area contributed by atoms with Gasteiger partial charge in [-0.2, -0.15) is 0 Å². The van der Waals surface area contributed by atoms with Gasteiger partial charge in [-0.25, -0.2) is 0 Å². The minimum absolute atomic E-state index is 0.0874. The lowest BCUT2D eigenvalue weighted by atomic mass is 9.75. The highest BCUT2D eigenvalue weighted by molar-refractivity contribution is 6.09. The fourth-order valence-electron chi connectivity index (χ4n) is 3.01. The number of benzene rings is 1. The van der Waals surface area contributed by atoms with Crippen molar-refractivity contribution in [3.63, 3.8) is 0 Å². The summed E-state index contributed by atoms with van der Waals surface area (Å²) in [6.45, 7) is 6.85. The summed E-state index contributed by atoms with van der Waals surface area (Å²) in [6, 6.07) is 8.92.